The highest BCUT2D eigenvalue weighted by Crippen LogP contribution is 2.28. The average Bonchev–Trinajstić information content (AvgIpc) is 2.50. The van der Waals surface area contributed by atoms with Crippen molar-refractivity contribution >= 4 is 11.6 Å². The highest BCUT2D eigenvalue weighted by Gasteiger charge is 2.15. The molecule has 0 aliphatic heterocycles. The van der Waals surface area contributed by atoms with Gasteiger partial charge in [0.1, 0.15) is 11.6 Å². The number of benzene rings is 2. The first kappa shape index (κ1) is 15.8. The van der Waals surface area contributed by atoms with Gasteiger partial charge in [-0.1, -0.05) is 48.9 Å². The van der Waals surface area contributed by atoms with Crippen LogP contribution in [0.4, 0.5) is 4.39 Å². The van der Waals surface area contributed by atoms with Crippen LogP contribution in [0.2, 0.25) is 5.02 Å². The van der Waals surface area contributed by atoms with Crippen molar-refractivity contribution in [2.75, 3.05) is 6.61 Å². The summed E-state index contributed by atoms with van der Waals surface area (Å²) in [5.74, 6) is 0.357. The van der Waals surface area contributed by atoms with E-state index < -0.39 is 5.82 Å². The first-order chi connectivity index (χ1) is 10.1. The van der Waals surface area contributed by atoms with Crippen molar-refractivity contribution in [2.24, 2.45) is 5.73 Å². The summed E-state index contributed by atoms with van der Waals surface area (Å²) < 4.78 is 19.7. The number of hydrogen-bond acceptors (Lipinski definition) is 2. The van der Waals surface area contributed by atoms with Gasteiger partial charge in [-0.05, 0) is 30.5 Å². The van der Waals surface area contributed by atoms with E-state index in [9.17, 15) is 4.39 Å². The number of hydrogen-bond donors (Lipinski definition) is 1. The first-order valence-corrected chi connectivity index (χ1v) is 7.41. The van der Waals surface area contributed by atoms with Crippen LogP contribution in [-0.2, 0) is 6.42 Å². The lowest BCUT2D eigenvalue weighted by molar-refractivity contribution is 0.312. The van der Waals surface area contributed by atoms with Crippen LogP contribution in [0.1, 0.15) is 30.5 Å². The van der Waals surface area contributed by atoms with Crippen molar-refractivity contribution in [3.8, 4) is 5.75 Å². The van der Waals surface area contributed by atoms with Crippen LogP contribution in [-0.4, -0.2) is 6.61 Å². The molecule has 4 heteroatoms. The standard InChI is InChI=1S/C17H19ClFNO/c1-2-10-21-16-9-4-3-7-13(16)15(20)11-12-6-5-8-14(18)17(12)19/h3-9,15H,2,10-11,20H2,1H3. The van der Waals surface area contributed by atoms with E-state index in [4.69, 9.17) is 22.1 Å². The van der Waals surface area contributed by atoms with Gasteiger partial charge in [-0.3, -0.25) is 0 Å². The zero-order valence-electron chi connectivity index (χ0n) is 12.0. The Morgan fingerprint density at radius 3 is 2.71 bits per heavy atom. The van der Waals surface area contributed by atoms with Crippen molar-refractivity contribution in [2.45, 2.75) is 25.8 Å². The molecule has 1 atom stereocenters. The van der Waals surface area contributed by atoms with Crippen LogP contribution >= 0.6 is 11.6 Å². The maximum absolute atomic E-state index is 14.0. The third kappa shape index (κ3) is 3.96. The Morgan fingerprint density at radius 2 is 1.95 bits per heavy atom. The summed E-state index contributed by atoms with van der Waals surface area (Å²) in [6.45, 7) is 2.68. The molecule has 0 bridgehead atoms. The molecule has 0 amide bonds. The second-order valence-corrected chi connectivity index (χ2v) is 5.32. The minimum absolute atomic E-state index is 0.121. The SMILES string of the molecule is CCCOc1ccccc1C(N)Cc1cccc(Cl)c1F. The van der Waals surface area contributed by atoms with Crippen molar-refractivity contribution in [3.63, 3.8) is 0 Å². The molecule has 0 fully saturated rings. The number of nitrogens with two attached hydrogens (primary N) is 1. The van der Waals surface area contributed by atoms with Crippen molar-refractivity contribution in [3.05, 3.63) is 64.4 Å². The maximum atomic E-state index is 14.0. The molecule has 0 aliphatic carbocycles. The topological polar surface area (TPSA) is 35.2 Å². The van der Waals surface area contributed by atoms with Gasteiger partial charge >= 0.3 is 0 Å². The second kappa shape index (κ2) is 7.43. The Morgan fingerprint density at radius 1 is 1.19 bits per heavy atom. The van der Waals surface area contributed by atoms with Crippen LogP contribution in [0.5, 0.6) is 5.75 Å². The summed E-state index contributed by atoms with van der Waals surface area (Å²) in [7, 11) is 0. The van der Waals surface area contributed by atoms with Gasteiger partial charge in [0, 0.05) is 11.6 Å². The maximum Gasteiger partial charge on any atom is 0.145 e. The van der Waals surface area contributed by atoms with Crippen LogP contribution in [0.3, 0.4) is 0 Å². The molecule has 0 radical (unpaired) electrons. The van der Waals surface area contributed by atoms with E-state index in [1.54, 1.807) is 12.1 Å². The van der Waals surface area contributed by atoms with Crippen molar-refractivity contribution in [1.82, 2.24) is 0 Å². The smallest absolute Gasteiger partial charge is 0.145 e. The zero-order valence-corrected chi connectivity index (χ0v) is 12.7. The van der Waals surface area contributed by atoms with Crippen LogP contribution in [0, 0.1) is 5.82 Å². The van der Waals surface area contributed by atoms with E-state index in [0.717, 1.165) is 17.7 Å². The normalized spacial score (nSPS) is 12.2. The molecular weight excluding hydrogens is 289 g/mol. The van der Waals surface area contributed by atoms with Gasteiger partial charge in [-0.15, -0.1) is 0 Å². The van der Waals surface area contributed by atoms with Gasteiger partial charge in [0.05, 0.1) is 11.6 Å². The molecule has 112 valence electrons. The molecule has 2 aromatic carbocycles. The van der Waals surface area contributed by atoms with Crippen LogP contribution < -0.4 is 10.5 Å². The molecule has 2 N–H and O–H groups in total. The highest BCUT2D eigenvalue weighted by molar-refractivity contribution is 6.30. The minimum atomic E-state index is -0.401. The summed E-state index contributed by atoms with van der Waals surface area (Å²) in [4.78, 5) is 0. The lowest BCUT2D eigenvalue weighted by Gasteiger charge is -2.17. The quantitative estimate of drug-likeness (QED) is 0.852. The highest BCUT2D eigenvalue weighted by atomic mass is 35.5. The van der Waals surface area contributed by atoms with Crippen LogP contribution in [0.25, 0.3) is 0 Å². The second-order valence-electron chi connectivity index (χ2n) is 4.91. The van der Waals surface area contributed by atoms with E-state index in [1.165, 1.54) is 6.07 Å². The van der Waals surface area contributed by atoms with Gasteiger partial charge in [-0.2, -0.15) is 0 Å². The van der Waals surface area contributed by atoms with Crippen molar-refractivity contribution in [1.29, 1.82) is 0 Å². The van der Waals surface area contributed by atoms with Gasteiger partial charge < -0.3 is 10.5 Å². The lowest BCUT2D eigenvalue weighted by Crippen LogP contribution is -2.15. The number of halogens is 2. The molecule has 2 aromatic rings. The average molecular weight is 308 g/mol. The summed E-state index contributed by atoms with van der Waals surface area (Å²) in [5, 5.41) is 0.121. The molecule has 0 saturated heterocycles. The molecule has 2 nitrogen and oxygen atoms in total. The fourth-order valence-electron chi connectivity index (χ4n) is 2.18. The van der Waals surface area contributed by atoms with Gasteiger partial charge in [0.25, 0.3) is 0 Å². The molecule has 0 saturated carbocycles. The predicted molar refractivity (Wildman–Crippen MR) is 84.3 cm³/mol. The van der Waals surface area contributed by atoms with Gasteiger partial charge in [-0.25, -0.2) is 4.39 Å². The van der Waals surface area contributed by atoms with Gasteiger partial charge in [0.15, 0.2) is 0 Å². The zero-order chi connectivity index (χ0) is 15.2. The number of ether oxygens (including phenoxy) is 1. The Labute approximate surface area is 129 Å². The van der Waals surface area contributed by atoms with Crippen molar-refractivity contribution < 1.29 is 9.13 Å². The van der Waals surface area contributed by atoms with E-state index in [1.807, 2.05) is 31.2 Å². The molecule has 1 unspecified atom stereocenters. The molecule has 0 spiro atoms. The van der Waals surface area contributed by atoms with E-state index in [-0.39, 0.29) is 11.1 Å². The first-order valence-electron chi connectivity index (χ1n) is 7.03. The third-order valence-corrected chi connectivity index (χ3v) is 3.54. The monoisotopic (exact) mass is 307 g/mol. The molecular formula is C17H19ClFNO. The Bertz CT molecular complexity index is 603. The Balaban J connectivity index is 2.20. The molecule has 0 heterocycles. The fourth-order valence-corrected chi connectivity index (χ4v) is 2.38. The summed E-state index contributed by atoms with van der Waals surface area (Å²) in [6.07, 6.45) is 1.30. The Hall–Kier alpha value is -1.58. The fraction of sp³-hybridized carbons (Fsp3) is 0.294. The number of para-hydroxylation sites is 1. The van der Waals surface area contributed by atoms with E-state index in [0.29, 0.717) is 18.6 Å². The predicted octanol–water partition coefficient (Wildman–Crippen LogP) is 4.51. The molecule has 2 rings (SSSR count). The minimum Gasteiger partial charge on any atom is -0.493 e. The summed E-state index contributed by atoms with van der Waals surface area (Å²) in [6, 6.07) is 12.2. The third-order valence-electron chi connectivity index (χ3n) is 3.25. The Kier molecular flexibility index (Phi) is 5.59. The summed E-state index contributed by atoms with van der Waals surface area (Å²) in [5.41, 5.74) is 7.62. The molecule has 0 aromatic heterocycles. The number of rotatable bonds is 6. The lowest BCUT2D eigenvalue weighted by atomic mass is 9.98. The van der Waals surface area contributed by atoms with Gasteiger partial charge in [0.2, 0.25) is 0 Å². The largest absolute Gasteiger partial charge is 0.493 e. The van der Waals surface area contributed by atoms with E-state index >= 15 is 0 Å². The molecule has 0 aliphatic rings. The van der Waals surface area contributed by atoms with E-state index in [2.05, 4.69) is 0 Å². The summed E-state index contributed by atoms with van der Waals surface area (Å²) >= 11 is 5.80. The van der Waals surface area contributed by atoms with Crippen LogP contribution in [0.15, 0.2) is 42.5 Å². The molecule has 21 heavy (non-hydrogen) atoms.